The lowest BCUT2D eigenvalue weighted by molar-refractivity contribution is -0.116. The van der Waals surface area contributed by atoms with Crippen LogP contribution in [0.1, 0.15) is 13.8 Å². The molecule has 6 nitrogen and oxygen atoms in total. The molecule has 0 aliphatic heterocycles. The lowest BCUT2D eigenvalue weighted by Gasteiger charge is -2.01. The lowest BCUT2D eigenvalue weighted by atomic mass is 10.1. The van der Waals surface area contributed by atoms with Crippen molar-refractivity contribution in [2.75, 3.05) is 5.32 Å². The second-order valence-corrected chi connectivity index (χ2v) is 8.64. The number of furan rings is 2. The fourth-order valence-corrected chi connectivity index (χ4v) is 4.20. The fraction of sp³-hybridized carbons (Fsp3) is 0.0714. The smallest absolute Gasteiger partial charge is 0.221 e. The summed E-state index contributed by atoms with van der Waals surface area (Å²) < 4.78 is 12.5. The first kappa shape index (κ1) is 24.0. The first-order valence-corrected chi connectivity index (χ1v) is 11.6. The molecule has 0 aliphatic rings. The molecular formula is C28H23BrN2O4. The van der Waals surface area contributed by atoms with Crippen LogP contribution in [0.5, 0.6) is 0 Å². The summed E-state index contributed by atoms with van der Waals surface area (Å²) in [7, 11) is 0. The summed E-state index contributed by atoms with van der Waals surface area (Å²) in [5, 5.41) is 7.19. The monoisotopic (exact) mass is 530 g/mol. The molecule has 0 fully saturated rings. The van der Waals surface area contributed by atoms with E-state index in [0.717, 1.165) is 43.0 Å². The number of rotatable bonds is 1. The van der Waals surface area contributed by atoms with Gasteiger partial charge >= 0.3 is 0 Å². The van der Waals surface area contributed by atoms with Crippen LogP contribution in [-0.4, -0.2) is 11.8 Å². The Morgan fingerprint density at radius 3 is 1.71 bits per heavy atom. The van der Waals surface area contributed by atoms with Gasteiger partial charge in [0, 0.05) is 35.4 Å². The van der Waals surface area contributed by atoms with Crippen molar-refractivity contribution in [3.05, 3.63) is 89.4 Å². The number of carbonyl (C=O) groups is 2. The molecule has 0 radical (unpaired) electrons. The van der Waals surface area contributed by atoms with E-state index in [1.54, 1.807) is 0 Å². The Morgan fingerprint density at radius 2 is 1.14 bits per heavy atom. The highest BCUT2D eigenvalue weighted by molar-refractivity contribution is 9.10. The third kappa shape index (κ3) is 5.36. The molecule has 35 heavy (non-hydrogen) atoms. The van der Waals surface area contributed by atoms with Gasteiger partial charge in [0.05, 0.1) is 10.2 Å². The molecule has 4 aromatic carbocycles. The normalized spacial score (nSPS) is 10.5. The Labute approximate surface area is 209 Å². The first-order valence-electron chi connectivity index (χ1n) is 10.8. The summed E-state index contributed by atoms with van der Waals surface area (Å²) in [6.07, 6.45) is 0. The summed E-state index contributed by atoms with van der Waals surface area (Å²) in [5.41, 5.74) is 8.61. The Hall–Kier alpha value is -4.10. The summed E-state index contributed by atoms with van der Waals surface area (Å²) in [6, 6.07) is 27.8. The number of primary amides is 1. The fourth-order valence-electron chi connectivity index (χ4n) is 3.75. The molecule has 6 aromatic rings. The predicted octanol–water partition coefficient (Wildman–Crippen LogP) is 7.38. The minimum Gasteiger partial charge on any atom is -0.455 e. The van der Waals surface area contributed by atoms with Gasteiger partial charge in [0.1, 0.15) is 16.7 Å². The Kier molecular flexibility index (Phi) is 7.17. The molecule has 2 aromatic heterocycles. The molecule has 176 valence electrons. The minimum absolute atomic E-state index is 0.0991. The van der Waals surface area contributed by atoms with Gasteiger partial charge in [0.25, 0.3) is 0 Å². The number of amides is 2. The third-order valence-electron chi connectivity index (χ3n) is 5.07. The molecule has 2 heterocycles. The number of anilines is 1. The van der Waals surface area contributed by atoms with Crippen molar-refractivity contribution in [1.82, 2.24) is 0 Å². The van der Waals surface area contributed by atoms with E-state index in [1.807, 2.05) is 72.8 Å². The minimum atomic E-state index is -0.333. The standard InChI is InChI=1S/C14H11NO2.C12H7BrO.C2H5NO/c1-9(16)15-12-7-4-6-11-10-5-2-3-8-13(10)17-14(11)12;13-10-6-3-5-9-8-4-1-2-7-11(8)14-12(9)10;1-2(3)4/h2-8H,1H3,(H,15,16);1-7H;1H3,(H2,3,4). The van der Waals surface area contributed by atoms with Crippen molar-refractivity contribution in [2.24, 2.45) is 5.73 Å². The zero-order valence-corrected chi connectivity index (χ0v) is 20.8. The number of nitrogens with one attached hydrogen (secondary N) is 1. The van der Waals surface area contributed by atoms with E-state index in [9.17, 15) is 9.59 Å². The van der Waals surface area contributed by atoms with Crippen LogP contribution in [0.3, 0.4) is 0 Å². The van der Waals surface area contributed by atoms with E-state index in [2.05, 4.69) is 39.1 Å². The molecule has 0 saturated heterocycles. The summed E-state index contributed by atoms with van der Waals surface area (Å²) in [4.78, 5) is 20.3. The van der Waals surface area contributed by atoms with Gasteiger partial charge in [-0.25, -0.2) is 0 Å². The Morgan fingerprint density at radius 1 is 0.686 bits per heavy atom. The molecule has 0 unspecified atom stereocenters. The van der Waals surface area contributed by atoms with E-state index >= 15 is 0 Å². The maximum atomic E-state index is 11.1. The molecule has 0 saturated carbocycles. The second kappa shape index (κ2) is 10.4. The van der Waals surface area contributed by atoms with Gasteiger partial charge in [0.15, 0.2) is 5.58 Å². The van der Waals surface area contributed by atoms with Crippen molar-refractivity contribution in [1.29, 1.82) is 0 Å². The lowest BCUT2D eigenvalue weighted by Crippen LogP contribution is -2.05. The number of nitrogens with two attached hydrogens (primary N) is 1. The van der Waals surface area contributed by atoms with E-state index in [4.69, 9.17) is 8.83 Å². The van der Waals surface area contributed by atoms with Crippen molar-refractivity contribution in [3.63, 3.8) is 0 Å². The summed E-state index contributed by atoms with van der Waals surface area (Å²) in [5.74, 6) is -0.432. The molecule has 3 N–H and O–H groups in total. The maximum absolute atomic E-state index is 11.1. The van der Waals surface area contributed by atoms with E-state index in [-0.39, 0.29) is 11.8 Å². The average molecular weight is 531 g/mol. The SMILES string of the molecule is Brc1cccc2c1oc1ccccc12.CC(=O)Nc1cccc2c1oc1ccccc12.CC(N)=O. The van der Waals surface area contributed by atoms with Crippen molar-refractivity contribution < 1.29 is 18.4 Å². The van der Waals surface area contributed by atoms with Gasteiger partial charge < -0.3 is 19.9 Å². The third-order valence-corrected chi connectivity index (χ3v) is 5.70. The number of carbonyl (C=O) groups excluding carboxylic acids is 2. The zero-order valence-electron chi connectivity index (χ0n) is 19.2. The first-order chi connectivity index (χ1) is 16.8. The molecule has 2 amide bonds. The van der Waals surface area contributed by atoms with E-state index < -0.39 is 0 Å². The highest BCUT2D eigenvalue weighted by Gasteiger charge is 2.10. The molecular weight excluding hydrogens is 508 g/mol. The number of benzene rings is 4. The van der Waals surface area contributed by atoms with Crippen LogP contribution in [-0.2, 0) is 9.59 Å². The summed E-state index contributed by atoms with van der Waals surface area (Å²) in [6.45, 7) is 2.79. The van der Waals surface area contributed by atoms with Crippen molar-refractivity contribution in [2.45, 2.75) is 13.8 Å². The molecule has 0 atom stereocenters. The number of para-hydroxylation sites is 4. The molecule has 0 spiro atoms. The molecule has 0 aliphatic carbocycles. The number of hydrogen-bond acceptors (Lipinski definition) is 4. The van der Waals surface area contributed by atoms with Crippen LogP contribution in [0, 0.1) is 0 Å². The molecule has 6 rings (SSSR count). The topological polar surface area (TPSA) is 98.5 Å². The highest BCUT2D eigenvalue weighted by atomic mass is 79.9. The van der Waals surface area contributed by atoms with Crippen LogP contribution < -0.4 is 11.1 Å². The van der Waals surface area contributed by atoms with Gasteiger partial charge in [0.2, 0.25) is 11.8 Å². The van der Waals surface area contributed by atoms with Gasteiger partial charge in [-0.15, -0.1) is 0 Å². The van der Waals surface area contributed by atoms with Crippen LogP contribution in [0.25, 0.3) is 43.9 Å². The predicted molar refractivity (Wildman–Crippen MR) is 144 cm³/mol. The van der Waals surface area contributed by atoms with Gasteiger partial charge in [-0.1, -0.05) is 60.7 Å². The average Bonchev–Trinajstić information content (AvgIpc) is 3.39. The number of hydrogen-bond donors (Lipinski definition) is 2. The van der Waals surface area contributed by atoms with E-state index in [0.29, 0.717) is 5.69 Å². The Balaban J connectivity index is 0.000000145. The second-order valence-electron chi connectivity index (χ2n) is 7.79. The van der Waals surface area contributed by atoms with Crippen LogP contribution in [0.15, 0.2) is 98.2 Å². The molecule has 0 bridgehead atoms. The molecule has 7 heteroatoms. The van der Waals surface area contributed by atoms with Crippen LogP contribution >= 0.6 is 15.9 Å². The van der Waals surface area contributed by atoms with Crippen molar-refractivity contribution in [3.8, 4) is 0 Å². The summed E-state index contributed by atoms with van der Waals surface area (Å²) >= 11 is 3.48. The highest BCUT2D eigenvalue weighted by Crippen LogP contribution is 2.34. The number of halogens is 1. The maximum Gasteiger partial charge on any atom is 0.221 e. The van der Waals surface area contributed by atoms with Crippen LogP contribution in [0.4, 0.5) is 5.69 Å². The van der Waals surface area contributed by atoms with E-state index in [1.165, 1.54) is 19.2 Å². The van der Waals surface area contributed by atoms with Gasteiger partial charge in [-0.05, 0) is 40.2 Å². The van der Waals surface area contributed by atoms with Crippen molar-refractivity contribution >= 4 is 77.3 Å². The quantitative estimate of drug-likeness (QED) is 0.231. The van der Waals surface area contributed by atoms with Gasteiger partial charge in [-0.3, -0.25) is 9.59 Å². The largest absolute Gasteiger partial charge is 0.455 e. The Bertz CT molecular complexity index is 1660. The number of fused-ring (bicyclic) bond motifs is 6. The zero-order chi connectivity index (χ0) is 24.9. The van der Waals surface area contributed by atoms with Gasteiger partial charge in [-0.2, -0.15) is 0 Å². The van der Waals surface area contributed by atoms with Crippen LogP contribution in [0.2, 0.25) is 0 Å².